The van der Waals surface area contributed by atoms with Gasteiger partial charge in [-0.2, -0.15) is 0 Å². The number of nitrogens with one attached hydrogen (secondary N) is 1. The normalized spacial score (nSPS) is 10.9. The van der Waals surface area contributed by atoms with Crippen molar-refractivity contribution in [1.82, 2.24) is 5.32 Å². The second-order valence-electron chi connectivity index (χ2n) is 3.54. The summed E-state index contributed by atoms with van der Waals surface area (Å²) in [5, 5.41) is 15.7. The van der Waals surface area contributed by atoms with E-state index in [1.807, 2.05) is 0 Å². The summed E-state index contributed by atoms with van der Waals surface area (Å²) in [4.78, 5) is 21.3. The molecule has 0 atom stereocenters. The van der Waals surface area contributed by atoms with Crippen LogP contribution in [0.3, 0.4) is 0 Å². The van der Waals surface area contributed by atoms with Crippen LogP contribution in [0, 0.1) is 0 Å². The Morgan fingerprint density at radius 1 is 1.22 bits per heavy atom. The number of hydrogen-bond acceptors (Lipinski definition) is 4. The van der Waals surface area contributed by atoms with E-state index in [0.717, 1.165) is 0 Å². The Morgan fingerprint density at radius 3 is 2.22 bits per heavy atom. The molecule has 0 bridgehead atoms. The minimum absolute atomic E-state index is 0.0249. The highest BCUT2D eigenvalue weighted by Crippen LogP contribution is 2.08. The first kappa shape index (κ1) is 14.1. The van der Waals surface area contributed by atoms with Crippen molar-refractivity contribution >= 4 is 21.9 Å². The lowest BCUT2D eigenvalue weighted by molar-refractivity contribution is -0.140. The standard InChI is InChI=1S/C10H12N2O5S/c11-18(16,17)8-3-1-7(2-4-8)6-12-9(13)5-10(14)15/h1-4H,5-6H2,(H,12,13)(H,14,15)(H2,11,16,17). The summed E-state index contributed by atoms with van der Waals surface area (Å²) < 4.78 is 21.9. The SMILES string of the molecule is NS(=O)(=O)c1ccc(CNC(=O)CC(=O)O)cc1. The molecule has 1 rings (SSSR count). The first-order valence-corrected chi connectivity index (χ1v) is 6.44. The van der Waals surface area contributed by atoms with Crippen molar-refractivity contribution in [3.8, 4) is 0 Å². The van der Waals surface area contributed by atoms with E-state index in [-0.39, 0.29) is 11.4 Å². The van der Waals surface area contributed by atoms with Crippen molar-refractivity contribution in [2.45, 2.75) is 17.9 Å². The molecule has 1 amide bonds. The molecule has 0 spiro atoms. The predicted octanol–water partition coefficient (Wildman–Crippen LogP) is -0.575. The maximum atomic E-state index is 11.0. The molecular weight excluding hydrogens is 260 g/mol. The maximum absolute atomic E-state index is 11.0. The minimum atomic E-state index is -3.73. The molecule has 4 N–H and O–H groups in total. The zero-order chi connectivity index (χ0) is 13.8. The van der Waals surface area contributed by atoms with Crippen molar-refractivity contribution in [2.75, 3.05) is 0 Å². The number of aliphatic carboxylic acids is 1. The fourth-order valence-corrected chi connectivity index (χ4v) is 1.71. The predicted molar refractivity (Wildman–Crippen MR) is 61.9 cm³/mol. The van der Waals surface area contributed by atoms with Gasteiger partial charge >= 0.3 is 5.97 Å². The molecular formula is C10H12N2O5S. The molecule has 0 aliphatic carbocycles. The Bertz CT molecular complexity index is 550. The Balaban J connectivity index is 2.60. The van der Waals surface area contributed by atoms with E-state index in [2.05, 4.69) is 5.32 Å². The number of sulfonamides is 1. The molecule has 0 aliphatic heterocycles. The van der Waals surface area contributed by atoms with E-state index in [4.69, 9.17) is 10.2 Å². The number of amides is 1. The molecule has 0 aliphatic rings. The van der Waals surface area contributed by atoms with Crippen molar-refractivity contribution in [1.29, 1.82) is 0 Å². The van der Waals surface area contributed by atoms with Crippen molar-refractivity contribution in [3.63, 3.8) is 0 Å². The summed E-state index contributed by atoms with van der Waals surface area (Å²) in [7, 11) is -3.73. The van der Waals surface area contributed by atoms with Crippen LogP contribution in [0.1, 0.15) is 12.0 Å². The van der Waals surface area contributed by atoms with Crippen LogP contribution in [-0.4, -0.2) is 25.4 Å². The van der Waals surface area contributed by atoms with Gasteiger partial charge < -0.3 is 10.4 Å². The molecule has 1 aromatic carbocycles. The third-order valence-electron chi connectivity index (χ3n) is 2.05. The number of carbonyl (C=O) groups is 2. The number of rotatable bonds is 5. The van der Waals surface area contributed by atoms with Crippen molar-refractivity contribution in [3.05, 3.63) is 29.8 Å². The Kier molecular flexibility index (Phi) is 4.40. The highest BCUT2D eigenvalue weighted by molar-refractivity contribution is 7.89. The molecule has 1 aromatic rings. The number of carboxylic acids is 1. The highest BCUT2D eigenvalue weighted by atomic mass is 32.2. The zero-order valence-electron chi connectivity index (χ0n) is 9.29. The van der Waals surface area contributed by atoms with Gasteiger partial charge in [0.25, 0.3) is 0 Å². The number of nitrogens with two attached hydrogens (primary N) is 1. The van der Waals surface area contributed by atoms with Gasteiger partial charge in [0.1, 0.15) is 6.42 Å². The summed E-state index contributed by atoms with van der Waals surface area (Å²) in [6.45, 7) is 0.122. The lowest BCUT2D eigenvalue weighted by Gasteiger charge is -2.04. The average molecular weight is 272 g/mol. The third kappa shape index (κ3) is 4.52. The summed E-state index contributed by atoms with van der Waals surface area (Å²) in [5.41, 5.74) is 0.640. The molecule has 0 heterocycles. The molecule has 0 radical (unpaired) electrons. The van der Waals surface area contributed by atoms with E-state index >= 15 is 0 Å². The molecule has 18 heavy (non-hydrogen) atoms. The van der Waals surface area contributed by atoms with E-state index in [1.54, 1.807) is 0 Å². The number of benzene rings is 1. The maximum Gasteiger partial charge on any atom is 0.312 e. The van der Waals surface area contributed by atoms with Gasteiger partial charge in [0.2, 0.25) is 15.9 Å². The van der Waals surface area contributed by atoms with Crippen LogP contribution in [0.15, 0.2) is 29.2 Å². The van der Waals surface area contributed by atoms with E-state index in [1.165, 1.54) is 24.3 Å². The highest BCUT2D eigenvalue weighted by Gasteiger charge is 2.08. The van der Waals surface area contributed by atoms with Crippen molar-refractivity contribution in [2.24, 2.45) is 5.14 Å². The van der Waals surface area contributed by atoms with Gasteiger partial charge in [-0.15, -0.1) is 0 Å². The smallest absolute Gasteiger partial charge is 0.312 e. The lowest BCUT2D eigenvalue weighted by atomic mass is 10.2. The largest absolute Gasteiger partial charge is 0.481 e. The number of primary sulfonamides is 1. The third-order valence-corrected chi connectivity index (χ3v) is 2.98. The fourth-order valence-electron chi connectivity index (χ4n) is 1.20. The van der Waals surface area contributed by atoms with Crippen LogP contribution in [0.25, 0.3) is 0 Å². The Morgan fingerprint density at radius 2 is 1.78 bits per heavy atom. The van der Waals surface area contributed by atoms with E-state index < -0.39 is 28.3 Å². The average Bonchev–Trinajstić information content (AvgIpc) is 2.25. The molecule has 0 saturated heterocycles. The van der Waals surface area contributed by atoms with Crippen LogP contribution in [0.2, 0.25) is 0 Å². The van der Waals surface area contributed by atoms with Crippen LogP contribution >= 0.6 is 0 Å². The quantitative estimate of drug-likeness (QED) is 0.618. The van der Waals surface area contributed by atoms with Gasteiger partial charge in [-0.1, -0.05) is 12.1 Å². The summed E-state index contributed by atoms with van der Waals surface area (Å²) in [6, 6.07) is 5.60. The number of carbonyl (C=O) groups excluding carboxylic acids is 1. The zero-order valence-corrected chi connectivity index (χ0v) is 10.1. The summed E-state index contributed by atoms with van der Waals surface area (Å²) >= 11 is 0. The van der Waals surface area contributed by atoms with Gasteiger partial charge in [-0.3, -0.25) is 9.59 Å². The van der Waals surface area contributed by atoms with Crippen LogP contribution in [-0.2, 0) is 26.2 Å². The van der Waals surface area contributed by atoms with Crippen molar-refractivity contribution < 1.29 is 23.1 Å². The monoisotopic (exact) mass is 272 g/mol. The van der Waals surface area contributed by atoms with E-state index in [9.17, 15) is 18.0 Å². The Labute approximate surface area is 104 Å². The molecule has 0 unspecified atom stereocenters. The fraction of sp³-hybridized carbons (Fsp3) is 0.200. The van der Waals surface area contributed by atoms with Gasteiger partial charge in [0.05, 0.1) is 4.90 Å². The van der Waals surface area contributed by atoms with E-state index in [0.29, 0.717) is 5.56 Å². The van der Waals surface area contributed by atoms with Gasteiger partial charge in [-0.05, 0) is 17.7 Å². The number of hydrogen-bond donors (Lipinski definition) is 3. The lowest BCUT2D eigenvalue weighted by Crippen LogP contribution is -2.25. The molecule has 0 saturated carbocycles. The van der Waals surface area contributed by atoms with Gasteiger partial charge in [0, 0.05) is 6.54 Å². The summed E-state index contributed by atoms with van der Waals surface area (Å²) in [5.74, 6) is -1.82. The summed E-state index contributed by atoms with van der Waals surface area (Å²) in [6.07, 6.45) is -0.602. The number of carboxylic acid groups (broad SMARTS) is 1. The Hall–Kier alpha value is -1.93. The molecule has 0 aromatic heterocycles. The first-order valence-electron chi connectivity index (χ1n) is 4.89. The van der Waals surface area contributed by atoms with Gasteiger partial charge in [0.15, 0.2) is 0 Å². The van der Waals surface area contributed by atoms with Crippen LogP contribution in [0.5, 0.6) is 0 Å². The molecule has 8 heteroatoms. The van der Waals surface area contributed by atoms with Crippen LogP contribution in [0.4, 0.5) is 0 Å². The second-order valence-corrected chi connectivity index (χ2v) is 5.10. The second kappa shape index (κ2) is 5.61. The topological polar surface area (TPSA) is 127 Å². The van der Waals surface area contributed by atoms with Crippen LogP contribution < -0.4 is 10.5 Å². The molecule has 0 fully saturated rings. The first-order chi connectivity index (χ1) is 8.29. The molecule has 98 valence electrons. The van der Waals surface area contributed by atoms with Gasteiger partial charge in [-0.25, -0.2) is 13.6 Å². The minimum Gasteiger partial charge on any atom is -0.481 e. The molecule has 7 nitrogen and oxygen atoms in total.